The molecule has 0 aromatic heterocycles. The molecule has 0 unspecified atom stereocenters. The summed E-state index contributed by atoms with van der Waals surface area (Å²) in [5.41, 5.74) is 0. The van der Waals surface area contributed by atoms with Gasteiger partial charge in [0.15, 0.2) is 0 Å². The zero-order chi connectivity index (χ0) is 4.50. The van der Waals surface area contributed by atoms with E-state index in [-0.39, 0.29) is 63.0 Å². The van der Waals surface area contributed by atoms with E-state index in [1.165, 1.54) is 0 Å². The molecule has 8 heavy (non-hydrogen) atoms. The summed E-state index contributed by atoms with van der Waals surface area (Å²) in [6, 6.07) is 0. The number of hydrogen-bond acceptors (Lipinski definition) is 3. The van der Waals surface area contributed by atoms with Gasteiger partial charge in [-0.25, -0.2) is 0 Å². The van der Waals surface area contributed by atoms with E-state index in [0.717, 1.165) is 0 Å². The Hall–Kier alpha value is 1.43. The molecule has 50 valence electrons. The molecule has 7 N–H and O–H groups in total. The van der Waals surface area contributed by atoms with Gasteiger partial charge in [0.2, 0.25) is 0 Å². The summed E-state index contributed by atoms with van der Waals surface area (Å²) in [5.74, 6) is 0. The summed E-state index contributed by atoms with van der Waals surface area (Å²) >= 11 is 0. The molecule has 0 aliphatic rings. The van der Waals surface area contributed by atoms with Crippen molar-refractivity contribution in [1.29, 1.82) is 0 Å². The van der Waals surface area contributed by atoms with E-state index < -0.39 is 10.4 Å². The van der Waals surface area contributed by atoms with Gasteiger partial charge in [-0.2, -0.15) is 8.42 Å². The average Bonchev–Trinajstić information content (AvgIpc) is 0.722. The zero-order valence-corrected chi connectivity index (χ0v) is 4.14. The van der Waals surface area contributed by atoms with Crippen molar-refractivity contribution in [2.24, 2.45) is 0 Å². The van der Waals surface area contributed by atoms with E-state index in [9.17, 15) is 0 Å². The van der Waals surface area contributed by atoms with Crippen LogP contribution in [0.3, 0.4) is 0 Å². The third-order valence-electron chi connectivity index (χ3n) is 0. The first-order valence-electron chi connectivity index (χ1n) is 0.698. The minimum absolute atomic E-state index is 0. The van der Waals surface area contributed by atoms with Crippen LogP contribution in [0.5, 0.6) is 0 Å². The molecule has 0 saturated heterocycles. The van der Waals surface area contributed by atoms with E-state index in [1.807, 2.05) is 0 Å². The second-order valence-corrected chi connectivity index (χ2v) is 1.34. The molecular weight excluding hydrogens is 165 g/mol. The van der Waals surface area contributed by atoms with E-state index in [0.29, 0.717) is 0 Å². The first-order chi connectivity index (χ1) is 2.00. The van der Waals surface area contributed by atoms with Gasteiger partial charge in [-0.1, -0.05) is 0 Å². The first-order valence-corrected chi connectivity index (χ1v) is 2.10. The molecule has 0 fully saturated rings. The summed E-state index contributed by atoms with van der Waals surface area (Å²) in [4.78, 5) is 0. The van der Waals surface area contributed by atoms with E-state index in [4.69, 9.17) is 17.5 Å². The predicted octanol–water partition coefficient (Wildman–Crippen LogP) is -1.96. The monoisotopic (exact) mass is 173 g/mol. The Morgan fingerprint density at radius 2 is 1.12 bits per heavy atom. The first kappa shape index (κ1) is 22.7. The van der Waals surface area contributed by atoms with Gasteiger partial charge in [0.25, 0.3) is 0 Å². The van der Waals surface area contributed by atoms with Gasteiger partial charge in [-0.05, 0) is 0 Å². The van der Waals surface area contributed by atoms with Gasteiger partial charge in [0.1, 0.15) is 0 Å². The Labute approximate surface area is 89.5 Å². The summed E-state index contributed by atoms with van der Waals surface area (Å²) in [6.07, 6.45) is 0. The second kappa shape index (κ2) is 8.43. The van der Waals surface area contributed by atoms with Gasteiger partial charge in [0.05, 0.1) is 0 Å². The van der Waals surface area contributed by atoms with Crippen LogP contribution in [-0.2, 0) is 10.4 Å². The van der Waals surface area contributed by atoms with Gasteiger partial charge in [0, 0.05) is 0 Å². The quantitative estimate of drug-likeness (QED) is 0.288. The van der Waals surface area contributed by atoms with Crippen molar-refractivity contribution < 1.29 is 23.0 Å². The molecule has 0 aromatic carbocycles. The van der Waals surface area contributed by atoms with Crippen molar-refractivity contribution in [2.45, 2.75) is 0 Å². The topological polar surface area (TPSA) is 141 Å². The van der Waals surface area contributed by atoms with Crippen LogP contribution in [0.25, 0.3) is 0 Å². The van der Waals surface area contributed by atoms with Crippen molar-refractivity contribution in [2.75, 3.05) is 0 Å². The van der Waals surface area contributed by atoms with Crippen LogP contribution in [0.4, 0.5) is 0 Å². The second-order valence-electron chi connectivity index (χ2n) is 0.448. The van der Waals surface area contributed by atoms with Gasteiger partial charge < -0.3 is 11.6 Å². The third kappa shape index (κ3) is 151. The molecule has 0 atom stereocenters. The van der Waals surface area contributed by atoms with E-state index in [1.54, 1.807) is 0 Å². The Balaban J connectivity index is -0.0000000267. The molecule has 0 amide bonds. The van der Waals surface area contributed by atoms with E-state index in [2.05, 4.69) is 0 Å². The molecule has 0 aromatic rings. The molecule has 0 saturated carbocycles. The van der Waals surface area contributed by atoms with Crippen molar-refractivity contribution in [3.63, 3.8) is 0 Å². The summed E-state index contributed by atoms with van der Waals surface area (Å²) < 4.78 is 31.6. The van der Waals surface area contributed by atoms with Crippen LogP contribution in [0.15, 0.2) is 0 Å². The summed E-state index contributed by atoms with van der Waals surface area (Å²) in [6.45, 7) is 0. The normalized spacial score (nSPS) is 7.25. The molecule has 0 rings (SSSR count). The Morgan fingerprint density at radius 1 is 1.12 bits per heavy atom. The molecule has 0 aliphatic carbocycles. The van der Waals surface area contributed by atoms with Crippen molar-refractivity contribution in [3.8, 4) is 0 Å². The Bertz CT molecular complexity index is 95.6. The molecule has 0 aliphatic heterocycles. The van der Waals surface area contributed by atoms with E-state index >= 15 is 0 Å². The van der Waals surface area contributed by atoms with Crippen LogP contribution in [0.2, 0.25) is 0 Å². The third-order valence-corrected chi connectivity index (χ3v) is 0. The van der Waals surface area contributed by atoms with Gasteiger partial charge in [-0.3, -0.25) is 9.11 Å². The Morgan fingerprint density at radius 3 is 1.12 bits per heavy atom. The summed E-state index contributed by atoms with van der Waals surface area (Å²) in [7, 11) is -4.67. The predicted molar refractivity (Wildman–Crippen MR) is 30.0 cm³/mol. The fourth-order valence-electron chi connectivity index (χ4n) is 0. The minimum atomic E-state index is -4.67. The molecule has 8 heteroatoms. The fraction of sp³-hybridized carbons (Fsp3) is 0. The molecule has 0 bridgehead atoms. The van der Waals surface area contributed by atoms with Crippen LogP contribution in [0, 0.1) is 0 Å². The van der Waals surface area contributed by atoms with Gasteiger partial charge >= 0.3 is 61.8 Å². The van der Waals surface area contributed by atoms with Crippen LogP contribution in [0.1, 0.15) is 0 Å². The molecule has 0 spiro atoms. The Kier molecular flexibility index (Phi) is 23.9. The van der Waals surface area contributed by atoms with Gasteiger partial charge in [-0.15, -0.1) is 0 Å². The fourth-order valence-corrected chi connectivity index (χ4v) is 0. The summed E-state index contributed by atoms with van der Waals surface area (Å²) in [5, 5.41) is 0. The van der Waals surface area contributed by atoms with Crippen LogP contribution < -0.4 is 6.15 Å². The van der Waals surface area contributed by atoms with Crippen molar-refractivity contribution in [1.82, 2.24) is 6.15 Å². The van der Waals surface area contributed by atoms with Crippen molar-refractivity contribution in [3.05, 3.63) is 0 Å². The molecule has 0 radical (unpaired) electrons. The van der Waals surface area contributed by atoms with Crippen LogP contribution in [-0.4, -0.2) is 74.4 Å². The average molecular weight is 173 g/mol. The number of rotatable bonds is 0. The standard InChI is InChI=1S/K.H3N.H2O4S.H2O.H/c;;1-5(2,3)4;;/h;1H3;(H2,1,2,3,4);1H2;. The molecule has 0 heterocycles. The van der Waals surface area contributed by atoms with Crippen molar-refractivity contribution >= 4 is 61.8 Å². The maximum absolute atomic E-state index is 8.74. The SMILES string of the molecule is N.O.O=S(=O)(O)O.[KH]. The molecule has 6 nitrogen and oxygen atoms in total. The van der Waals surface area contributed by atoms with Crippen LogP contribution >= 0.6 is 0 Å². The molecular formula is H8KNO5S. The number of hydrogen-bond donors (Lipinski definition) is 3. The zero-order valence-electron chi connectivity index (χ0n) is 3.33. The maximum atomic E-state index is 8.74.